The first-order valence-electron chi connectivity index (χ1n) is 7.54. The Hall–Kier alpha value is -2.08. The van der Waals surface area contributed by atoms with Gasteiger partial charge in [0, 0.05) is 24.1 Å². The molecule has 3 rings (SSSR count). The molecule has 1 aliphatic rings. The van der Waals surface area contributed by atoms with Crippen LogP contribution >= 0.6 is 12.2 Å². The molecule has 1 saturated carbocycles. The van der Waals surface area contributed by atoms with Crippen molar-refractivity contribution in [1.29, 1.82) is 0 Å². The number of pyridine rings is 1. The molecule has 120 valence electrons. The molecule has 1 aliphatic carbocycles. The highest BCUT2D eigenvalue weighted by Crippen LogP contribution is 2.38. The van der Waals surface area contributed by atoms with E-state index in [-0.39, 0.29) is 5.54 Å². The minimum absolute atomic E-state index is 0.231. The van der Waals surface area contributed by atoms with Crippen molar-refractivity contribution in [3.63, 3.8) is 0 Å². The first-order valence-corrected chi connectivity index (χ1v) is 7.95. The Morgan fingerprint density at radius 2 is 1.74 bits per heavy atom. The van der Waals surface area contributed by atoms with Gasteiger partial charge in [0.1, 0.15) is 0 Å². The highest BCUT2D eigenvalue weighted by atomic mass is 32.1. The molecule has 0 unspecified atom stereocenters. The average Bonchev–Trinajstić information content (AvgIpc) is 3.01. The van der Waals surface area contributed by atoms with Crippen molar-refractivity contribution < 1.29 is 8.78 Å². The van der Waals surface area contributed by atoms with Crippen LogP contribution in [0.3, 0.4) is 0 Å². The summed E-state index contributed by atoms with van der Waals surface area (Å²) < 4.78 is 26.3. The van der Waals surface area contributed by atoms with Gasteiger partial charge in [-0.15, -0.1) is 0 Å². The Labute approximate surface area is 139 Å². The normalized spacial score (nSPS) is 16.1. The largest absolute Gasteiger partial charge is 0.353 e. The Morgan fingerprint density at radius 1 is 1.04 bits per heavy atom. The molecule has 0 amide bonds. The third-order valence-corrected chi connectivity index (χ3v) is 4.42. The summed E-state index contributed by atoms with van der Waals surface area (Å²) in [5, 5.41) is 6.69. The van der Waals surface area contributed by atoms with Crippen LogP contribution in [-0.4, -0.2) is 10.1 Å². The van der Waals surface area contributed by atoms with Crippen LogP contribution < -0.4 is 10.6 Å². The third kappa shape index (κ3) is 3.47. The van der Waals surface area contributed by atoms with E-state index in [1.54, 1.807) is 12.4 Å². The molecule has 0 spiro atoms. The second-order valence-electron chi connectivity index (χ2n) is 5.73. The van der Waals surface area contributed by atoms with Gasteiger partial charge in [-0.2, -0.15) is 0 Å². The van der Waals surface area contributed by atoms with Gasteiger partial charge in [0.2, 0.25) is 0 Å². The molecule has 1 fully saturated rings. The van der Waals surface area contributed by atoms with Gasteiger partial charge < -0.3 is 10.6 Å². The van der Waals surface area contributed by atoms with E-state index in [4.69, 9.17) is 12.2 Å². The molecule has 0 atom stereocenters. The van der Waals surface area contributed by atoms with Gasteiger partial charge in [-0.3, -0.25) is 4.98 Å². The summed E-state index contributed by atoms with van der Waals surface area (Å²) in [5.74, 6) is -1.78. The molecule has 6 heteroatoms. The van der Waals surface area contributed by atoms with E-state index in [1.165, 1.54) is 6.07 Å². The van der Waals surface area contributed by atoms with Crippen molar-refractivity contribution in [2.24, 2.45) is 0 Å². The molecular weight excluding hydrogens is 316 g/mol. The number of halogens is 2. The zero-order valence-corrected chi connectivity index (χ0v) is 13.3. The summed E-state index contributed by atoms with van der Waals surface area (Å²) in [7, 11) is 0. The fraction of sp³-hybridized carbons (Fsp3) is 0.294. The van der Waals surface area contributed by atoms with Crippen molar-refractivity contribution in [1.82, 2.24) is 10.3 Å². The smallest absolute Gasteiger partial charge is 0.171 e. The van der Waals surface area contributed by atoms with Crippen molar-refractivity contribution >= 4 is 23.0 Å². The number of rotatable bonds is 3. The topological polar surface area (TPSA) is 37.0 Å². The van der Waals surface area contributed by atoms with Crippen molar-refractivity contribution in [3.05, 3.63) is 59.9 Å². The lowest BCUT2D eigenvalue weighted by Crippen LogP contribution is -2.45. The van der Waals surface area contributed by atoms with Gasteiger partial charge in [0.05, 0.1) is 5.54 Å². The highest BCUT2D eigenvalue weighted by Gasteiger charge is 2.36. The van der Waals surface area contributed by atoms with E-state index in [9.17, 15) is 8.78 Å². The van der Waals surface area contributed by atoms with Crippen LogP contribution in [0.25, 0.3) is 0 Å². The van der Waals surface area contributed by atoms with Gasteiger partial charge in [-0.1, -0.05) is 12.8 Å². The first-order chi connectivity index (χ1) is 11.1. The van der Waals surface area contributed by atoms with Crippen molar-refractivity contribution in [2.45, 2.75) is 31.2 Å². The number of thiocarbonyl (C=S) groups is 1. The molecule has 23 heavy (non-hydrogen) atoms. The van der Waals surface area contributed by atoms with Crippen LogP contribution in [0.4, 0.5) is 14.5 Å². The van der Waals surface area contributed by atoms with Gasteiger partial charge in [-0.25, -0.2) is 8.78 Å². The summed E-state index contributed by atoms with van der Waals surface area (Å²) in [5.41, 5.74) is 1.33. The zero-order valence-electron chi connectivity index (χ0n) is 12.5. The van der Waals surface area contributed by atoms with Crippen LogP contribution in [0.2, 0.25) is 0 Å². The fourth-order valence-corrected chi connectivity index (χ4v) is 3.40. The maximum Gasteiger partial charge on any atom is 0.171 e. The molecule has 1 aromatic heterocycles. The van der Waals surface area contributed by atoms with Gasteiger partial charge in [0.25, 0.3) is 0 Å². The SMILES string of the molecule is Fc1ccc(NC(=S)NC2(c3ccncc3)CCCC2)cc1F. The molecule has 2 aromatic rings. The summed E-state index contributed by atoms with van der Waals surface area (Å²) in [6.07, 6.45) is 7.70. The minimum atomic E-state index is -0.900. The summed E-state index contributed by atoms with van der Waals surface area (Å²) in [6, 6.07) is 7.60. The standard InChI is InChI=1S/C17H17F2N3S/c18-14-4-3-13(11-15(14)19)21-16(23)22-17(7-1-2-8-17)12-5-9-20-10-6-12/h3-6,9-11H,1-2,7-8H2,(H2,21,22,23). The van der Waals surface area contributed by atoms with E-state index >= 15 is 0 Å². The van der Waals surface area contributed by atoms with Gasteiger partial charge in [0.15, 0.2) is 16.7 Å². The molecule has 0 radical (unpaired) electrons. The molecule has 3 nitrogen and oxygen atoms in total. The van der Waals surface area contributed by atoms with Crippen LogP contribution in [0.1, 0.15) is 31.2 Å². The number of aromatic nitrogens is 1. The maximum atomic E-state index is 13.3. The monoisotopic (exact) mass is 333 g/mol. The van der Waals surface area contributed by atoms with Crippen molar-refractivity contribution in [3.8, 4) is 0 Å². The summed E-state index contributed by atoms with van der Waals surface area (Å²) >= 11 is 5.37. The molecule has 0 saturated heterocycles. The second kappa shape index (κ2) is 6.58. The molecule has 0 aliphatic heterocycles. The highest BCUT2D eigenvalue weighted by molar-refractivity contribution is 7.80. The lowest BCUT2D eigenvalue weighted by Gasteiger charge is -2.32. The molecule has 2 N–H and O–H groups in total. The van der Waals surface area contributed by atoms with Crippen LogP contribution in [0, 0.1) is 11.6 Å². The number of nitrogens with zero attached hydrogens (tertiary/aromatic N) is 1. The third-order valence-electron chi connectivity index (χ3n) is 4.22. The minimum Gasteiger partial charge on any atom is -0.353 e. The predicted molar refractivity (Wildman–Crippen MR) is 90.1 cm³/mol. The summed E-state index contributed by atoms with van der Waals surface area (Å²) in [6.45, 7) is 0. The molecule has 1 aromatic carbocycles. The predicted octanol–water partition coefficient (Wildman–Crippen LogP) is 4.12. The van der Waals surface area contributed by atoms with Crippen molar-refractivity contribution in [2.75, 3.05) is 5.32 Å². The molecular formula is C17H17F2N3S. The average molecular weight is 333 g/mol. The van der Waals surface area contributed by atoms with E-state index < -0.39 is 11.6 Å². The van der Waals surface area contributed by atoms with E-state index in [1.807, 2.05) is 12.1 Å². The number of hydrogen-bond donors (Lipinski definition) is 2. The van der Waals surface area contributed by atoms with Crippen LogP contribution in [0.15, 0.2) is 42.7 Å². The first kappa shape index (κ1) is 15.8. The quantitative estimate of drug-likeness (QED) is 0.829. The van der Waals surface area contributed by atoms with E-state index in [0.717, 1.165) is 43.4 Å². The Bertz CT molecular complexity index is 700. The Kier molecular flexibility index (Phi) is 4.52. The lowest BCUT2D eigenvalue weighted by molar-refractivity contribution is 0.408. The number of nitrogens with one attached hydrogen (secondary N) is 2. The number of benzene rings is 1. The maximum absolute atomic E-state index is 13.3. The van der Waals surface area contributed by atoms with E-state index in [2.05, 4.69) is 15.6 Å². The van der Waals surface area contributed by atoms with Gasteiger partial charge >= 0.3 is 0 Å². The second-order valence-corrected chi connectivity index (χ2v) is 6.14. The van der Waals surface area contributed by atoms with Crippen LogP contribution in [-0.2, 0) is 5.54 Å². The Morgan fingerprint density at radius 3 is 2.39 bits per heavy atom. The Balaban J connectivity index is 1.75. The number of hydrogen-bond acceptors (Lipinski definition) is 2. The van der Waals surface area contributed by atoms with Gasteiger partial charge in [-0.05, 0) is 54.9 Å². The fourth-order valence-electron chi connectivity index (χ4n) is 3.09. The summed E-state index contributed by atoms with van der Waals surface area (Å²) in [4.78, 5) is 4.06. The number of anilines is 1. The van der Waals surface area contributed by atoms with E-state index in [0.29, 0.717) is 10.8 Å². The molecule has 1 heterocycles. The zero-order chi connectivity index (χ0) is 16.3. The molecule has 0 bridgehead atoms. The van der Waals surface area contributed by atoms with Crippen LogP contribution in [0.5, 0.6) is 0 Å². The lowest BCUT2D eigenvalue weighted by atomic mass is 9.89.